The Morgan fingerprint density at radius 3 is 2.08 bits per heavy atom. The van der Waals surface area contributed by atoms with E-state index in [1.54, 1.807) is 38.4 Å². The van der Waals surface area contributed by atoms with Gasteiger partial charge in [0.05, 0.1) is 19.1 Å². The van der Waals surface area contributed by atoms with Gasteiger partial charge in [0, 0.05) is 32.6 Å². The maximum absolute atomic E-state index is 13.5. The molecule has 0 aromatic heterocycles. The Morgan fingerprint density at radius 2 is 1.46 bits per heavy atom. The molecule has 0 radical (unpaired) electrons. The van der Waals surface area contributed by atoms with Crippen molar-refractivity contribution in [2.45, 2.75) is 32.3 Å². The number of anilines is 1. The summed E-state index contributed by atoms with van der Waals surface area (Å²) >= 11 is 0. The Bertz CT molecular complexity index is 1300. The molecule has 1 unspecified atom stereocenters. The first-order valence-corrected chi connectivity index (χ1v) is 13.1. The highest BCUT2D eigenvalue weighted by atomic mass is 16.5. The minimum Gasteiger partial charge on any atom is -0.457 e. The SMILES string of the molecule is CN(C)C(=O)CCC(=O)C1=C(C(COCc2ccccc2)C(=O)Nc2ccc(Oc3ccccc3)cc2)CC1. The molecule has 0 aliphatic heterocycles. The van der Waals surface area contributed by atoms with Gasteiger partial charge in [0.15, 0.2) is 5.78 Å². The van der Waals surface area contributed by atoms with E-state index in [1.807, 2.05) is 60.7 Å². The van der Waals surface area contributed by atoms with Crippen molar-refractivity contribution in [1.29, 1.82) is 0 Å². The van der Waals surface area contributed by atoms with Crippen LogP contribution in [-0.2, 0) is 25.7 Å². The molecule has 1 atom stereocenters. The van der Waals surface area contributed by atoms with Crippen LogP contribution in [0.2, 0.25) is 0 Å². The summed E-state index contributed by atoms with van der Waals surface area (Å²) in [4.78, 5) is 39.8. The van der Waals surface area contributed by atoms with Crippen LogP contribution in [0.1, 0.15) is 31.2 Å². The standard InChI is InChI=1S/C32H34N2O5/c1-34(2)31(36)20-19-30(35)28-18-17-27(28)29(22-38-21-23-9-5-3-6-10-23)32(37)33-24-13-15-26(16-14-24)39-25-11-7-4-8-12-25/h3-16,29H,17-22H2,1-2H3,(H,33,37). The minimum absolute atomic E-state index is 0.0743. The molecule has 0 bridgehead atoms. The van der Waals surface area contributed by atoms with Crippen LogP contribution in [0.25, 0.3) is 0 Å². The van der Waals surface area contributed by atoms with Gasteiger partial charge in [-0.1, -0.05) is 48.5 Å². The Morgan fingerprint density at radius 1 is 0.821 bits per heavy atom. The number of amides is 2. The van der Waals surface area contributed by atoms with Crippen LogP contribution < -0.4 is 10.1 Å². The molecule has 0 spiro atoms. The number of hydrogen-bond acceptors (Lipinski definition) is 5. The van der Waals surface area contributed by atoms with Crippen LogP contribution in [0.15, 0.2) is 96.1 Å². The highest BCUT2D eigenvalue weighted by Gasteiger charge is 2.33. The quantitative estimate of drug-likeness (QED) is 0.305. The highest BCUT2D eigenvalue weighted by molar-refractivity contribution is 6.02. The molecule has 1 aliphatic rings. The Balaban J connectivity index is 1.44. The highest BCUT2D eigenvalue weighted by Crippen LogP contribution is 2.36. The summed E-state index contributed by atoms with van der Waals surface area (Å²) in [6.45, 7) is 0.517. The number of allylic oxidation sites excluding steroid dienone is 1. The normalized spacial score (nSPS) is 13.3. The van der Waals surface area contributed by atoms with E-state index in [1.165, 1.54) is 4.90 Å². The smallest absolute Gasteiger partial charge is 0.233 e. The van der Waals surface area contributed by atoms with Crippen molar-refractivity contribution in [2.24, 2.45) is 5.92 Å². The summed E-state index contributed by atoms with van der Waals surface area (Å²) in [7, 11) is 3.34. The summed E-state index contributed by atoms with van der Waals surface area (Å²) < 4.78 is 11.8. The second kappa shape index (κ2) is 13.5. The third-order valence-corrected chi connectivity index (χ3v) is 6.67. The molecular weight excluding hydrogens is 492 g/mol. The van der Waals surface area contributed by atoms with E-state index in [-0.39, 0.29) is 37.0 Å². The maximum Gasteiger partial charge on any atom is 0.233 e. The number of nitrogens with zero attached hydrogens (tertiary/aromatic N) is 1. The Labute approximate surface area is 229 Å². The lowest BCUT2D eigenvalue weighted by molar-refractivity contribution is -0.130. The third kappa shape index (κ3) is 7.88. The van der Waals surface area contributed by atoms with Crippen molar-refractivity contribution < 1.29 is 23.9 Å². The first-order valence-electron chi connectivity index (χ1n) is 13.1. The average molecular weight is 527 g/mol. The van der Waals surface area contributed by atoms with Gasteiger partial charge in [0.25, 0.3) is 0 Å². The van der Waals surface area contributed by atoms with Gasteiger partial charge in [0.1, 0.15) is 11.5 Å². The van der Waals surface area contributed by atoms with Gasteiger partial charge < -0.3 is 19.7 Å². The number of Topliss-reactive ketones (excluding diaryl/α,β-unsaturated/α-hetero) is 1. The largest absolute Gasteiger partial charge is 0.457 e. The molecule has 0 heterocycles. The van der Waals surface area contributed by atoms with E-state index < -0.39 is 5.92 Å². The van der Waals surface area contributed by atoms with Gasteiger partial charge in [-0.25, -0.2) is 0 Å². The van der Waals surface area contributed by atoms with Gasteiger partial charge in [-0.05, 0) is 65.9 Å². The molecule has 7 nitrogen and oxygen atoms in total. The van der Waals surface area contributed by atoms with Crippen LogP contribution in [-0.4, -0.2) is 43.2 Å². The lowest BCUT2D eigenvalue weighted by Crippen LogP contribution is -2.33. The van der Waals surface area contributed by atoms with Crippen LogP contribution in [0.3, 0.4) is 0 Å². The number of carbonyl (C=O) groups excluding carboxylic acids is 3. The first-order chi connectivity index (χ1) is 18.9. The van der Waals surface area contributed by atoms with Crippen LogP contribution >= 0.6 is 0 Å². The van der Waals surface area contributed by atoms with Crippen molar-refractivity contribution >= 4 is 23.3 Å². The van der Waals surface area contributed by atoms with Crippen molar-refractivity contribution in [2.75, 3.05) is 26.0 Å². The van der Waals surface area contributed by atoms with Crippen molar-refractivity contribution in [3.05, 3.63) is 102 Å². The monoisotopic (exact) mass is 526 g/mol. The molecule has 2 amide bonds. The van der Waals surface area contributed by atoms with E-state index in [2.05, 4.69) is 5.32 Å². The molecule has 1 aliphatic carbocycles. The molecule has 0 saturated carbocycles. The number of hydrogen-bond donors (Lipinski definition) is 1. The number of ketones is 1. The van der Waals surface area contributed by atoms with E-state index in [0.717, 1.165) is 16.9 Å². The number of ether oxygens (including phenoxy) is 2. The molecule has 7 heteroatoms. The zero-order valence-corrected chi connectivity index (χ0v) is 22.4. The third-order valence-electron chi connectivity index (χ3n) is 6.67. The number of para-hydroxylation sites is 1. The Kier molecular flexibility index (Phi) is 9.64. The van der Waals surface area contributed by atoms with Crippen LogP contribution in [0, 0.1) is 5.92 Å². The van der Waals surface area contributed by atoms with Gasteiger partial charge in [-0.2, -0.15) is 0 Å². The lowest BCUT2D eigenvalue weighted by atomic mass is 9.77. The fraction of sp³-hybridized carbons (Fsp3) is 0.281. The molecule has 0 saturated heterocycles. The number of rotatable bonds is 13. The number of benzene rings is 3. The molecule has 1 N–H and O–H groups in total. The van der Waals surface area contributed by atoms with Gasteiger partial charge >= 0.3 is 0 Å². The van der Waals surface area contributed by atoms with E-state index in [9.17, 15) is 14.4 Å². The summed E-state index contributed by atoms with van der Waals surface area (Å²) in [5.74, 6) is 0.380. The minimum atomic E-state index is -0.605. The maximum atomic E-state index is 13.5. The predicted octanol–water partition coefficient (Wildman–Crippen LogP) is 5.78. The summed E-state index contributed by atoms with van der Waals surface area (Å²) in [6.07, 6.45) is 1.55. The molecule has 39 heavy (non-hydrogen) atoms. The lowest BCUT2D eigenvalue weighted by Gasteiger charge is -2.29. The molecule has 202 valence electrons. The van der Waals surface area contributed by atoms with Crippen molar-refractivity contribution in [3.8, 4) is 11.5 Å². The van der Waals surface area contributed by atoms with E-state index in [4.69, 9.17) is 9.47 Å². The Hall–Kier alpha value is -4.23. The van der Waals surface area contributed by atoms with Gasteiger partial charge in [-0.3, -0.25) is 14.4 Å². The molecular formula is C32H34N2O5. The summed E-state index contributed by atoms with van der Waals surface area (Å²) in [5.41, 5.74) is 3.08. The van der Waals surface area contributed by atoms with Gasteiger partial charge in [-0.15, -0.1) is 0 Å². The average Bonchev–Trinajstić information content (AvgIpc) is 2.92. The fourth-order valence-corrected chi connectivity index (χ4v) is 4.36. The van der Waals surface area contributed by atoms with E-state index >= 15 is 0 Å². The number of carbonyl (C=O) groups is 3. The zero-order valence-electron chi connectivity index (χ0n) is 22.4. The predicted molar refractivity (Wildman–Crippen MR) is 150 cm³/mol. The molecule has 3 aromatic rings. The summed E-state index contributed by atoms with van der Waals surface area (Å²) in [5, 5.41) is 2.97. The van der Waals surface area contributed by atoms with Gasteiger partial charge in [0.2, 0.25) is 11.8 Å². The molecule has 0 fully saturated rings. The van der Waals surface area contributed by atoms with Crippen molar-refractivity contribution in [1.82, 2.24) is 4.90 Å². The fourth-order valence-electron chi connectivity index (χ4n) is 4.36. The van der Waals surface area contributed by atoms with Crippen molar-refractivity contribution in [3.63, 3.8) is 0 Å². The second-order valence-corrected chi connectivity index (χ2v) is 9.70. The molecule has 3 aromatic carbocycles. The van der Waals surface area contributed by atoms with Crippen LogP contribution in [0.5, 0.6) is 11.5 Å². The zero-order chi connectivity index (χ0) is 27.6. The second-order valence-electron chi connectivity index (χ2n) is 9.70. The molecule has 4 rings (SSSR count). The van der Waals surface area contributed by atoms with Crippen LogP contribution in [0.4, 0.5) is 5.69 Å². The number of nitrogens with one attached hydrogen (secondary N) is 1. The first kappa shape index (κ1) is 27.8. The topological polar surface area (TPSA) is 84.9 Å². The summed E-state index contributed by atoms with van der Waals surface area (Å²) in [6, 6.07) is 26.4. The van der Waals surface area contributed by atoms with E-state index in [0.29, 0.717) is 36.5 Å².